The highest BCUT2D eigenvalue weighted by Gasteiger charge is 2.18. The third kappa shape index (κ3) is 3.77. The Kier molecular flexibility index (Phi) is 5.26. The van der Waals surface area contributed by atoms with E-state index in [9.17, 15) is 4.79 Å². The van der Waals surface area contributed by atoms with Crippen molar-refractivity contribution < 1.29 is 4.79 Å². The van der Waals surface area contributed by atoms with Gasteiger partial charge in [0.1, 0.15) is 0 Å². The van der Waals surface area contributed by atoms with Gasteiger partial charge in [-0.2, -0.15) is 0 Å². The maximum atomic E-state index is 12.6. The topological polar surface area (TPSA) is 46.3 Å². The summed E-state index contributed by atoms with van der Waals surface area (Å²) in [6, 6.07) is 12.9. The Balaban J connectivity index is 2.22. The van der Waals surface area contributed by atoms with Crippen LogP contribution in [0.5, 0.6) is 0 Å². The zero-order valence-electron chi connectivity index (χ0n) is 11.6. The van der Waals surface area contributed by atoms with Crippen LogP contribution in [-0.2, 0) is 6.54 Å². The quantitative estimate of drug-likeness (QED) is 0.817. The molecule has 110 valence electrons. The first-order valence-corrected chi connectivity index (χ1v) is 7.77. The number of carbonyl (C=O) groups excluding carboxylic acids is 1. The first kappa shape index (κ1) is 15.9. The Hall–Kier alpha value is -1.52. The number of hydrogen-bond donors (Lipinski definition) is 1. The molecule has 0 aliphatic rings. The van der Waals surface area contributed by atoms with Crippen molar-refractivity contribution in [1.82, 2.24) is 4.90 Å². The second kappa shape index (κ2) is 6.96. The van der Waals surface area contributed by atoms with Gasteiger partial charge in [0.15, 0.2) is 0 Å². The molecule has 21 heavy (non-hydrogen) atoms. The van der Waals surface area contributed by atoms with E-state index in [0.29, 0.717) is 29.4 Å². The fraction of sp³-hybridized carbons (Fsp3) is 0.188. The van der Waals surface area contributed by atoms with Gasteiger partial charge in [0, 0.05) is 23.2 Å². The lowest BCUT2D eigenvalue weighted by molar-refractivity contribution is 0.0752. The van der Waals surface area contributed by atoms with Gasteiger partial charge in [0.05, 0.1) is 10.6 Å². The Bertz CT molecular complexity index is 643. The maximum Gasteiger partial charge on any atom is 0.255 e. The van der Waals surface area contributed by atoms with Crippen molar-refractivity contribution >= 4 is 39.1 Å². The second-order valence-electron chi connectivity index (χ2n) is 4.66. The van der Waals surface area contributed by atoms with Crippen molar-refractivity contribution in [2.24, 2.45) is 0 Å². The molecule has 0 bridgehead atoms. The zero-order chi connectivity index (χ0) is 15.4. The summed E-state index contributed by atoms with van der Waals surface area (Å²) < 4.78 is 0.721. The number of amides is 1. The van der Waals surface area contributed by atoms with Crippen molar-refractivity contribution in [2.75, 3.05) is 12.3 Å². The number of nitrogens with two attached hydrogens (primary N) is 1. The van der Waals surface area contributed by atoms with Crippen molar-refractivity contribution in [1.29, 1.82) is 0 Å². The minimum Gasteiger partial charge on any atom is -0.399 e. The summed E-state index contributed by atoms with van der Waals surface area (Å²) in [5.41, 5.74) is 7.92. The average molecular weight is 368 g/mol. The molecule has 1 amide bonds. The maximum absolute atomic E-state index is 12.6. The predicted octanol–water partition coefficient (Wildman–Crippen LogP) is 4.35. The number of nitrogens with zero attached hydrogens (tertiary/aromatic N) is 1. The second-order valence-corrected chi connectivity index (χ2v) is 5.89. The molecular formula is C16H16BrClN2O. The number of carbonyl (C=O) groups is 1. The van der Waals surface area contributed by atoms with E-state index in [1.165, 1.54) is 0 Å². The molecule has 0 aromatic heterocycles. The molecule has 0 aliphatic heterocycles. The fourth-order valence-electron chi connectivity index (χ4n) is 2.01. The van der Waals surface area contributed by atoms with Crippen LogP contribution in [0, 0.1) is 0 Å². The molecule has 0 unspecified atom stereocenters. The molecule has 3 nitrogen and oxygen atoms in total. The number of nitrogen functional groups attached to an aromatic ring is 1. The molecule has 5 heteroatoms. The first-order chi connectivity index (χ1) is 10.0. The molecule has 0 radical (unpaired) electrons. The average Bonchev–Trinajstić information content (AvgIpc) is 2.49. The summed E-state index contributed by atoms with van der Waals surface area (Å²) in [7, 11) is 0. The van der Waals surface area contributed by atoms with Crippen LogP contribution in [0.25, 0.3) is 0 Å². The highest BCUT2D eigenvalue weighted by Crippen LogP contribution is 2.27. The Labute approximate surface area is 137 Å². The summed E-state index contributed by atoms with van der Waals surface area (Å²) in [5, 5.41) is 0.443. The molecule has 0 atom stereocenters. The minimum atomic E-state index is -0.0828. The molecule has 0 aliphatic carbocycles. The van der Waals surface area contributed by atoms with Crippen LogP contribution in [0.1, 0.15) is 22.8 Å². The third-order valence-electron chi connectivity index (χ3n) is 3.20. The standard InChI is InChI=1S/C16H16BrClN2O/c1-2-20(10-11-6-8-12(19)9-7-11)16(21)13-4-3-5-14(17)15(13)18/h3-9H,2,10,19H2,1H3. The van der Waals surface area contributed by atoms with Crippen molar-refractivity contribution in [3.63, 3.8) is 0 Å². The van der Waals surface area contributed by atoms with Gasteiger partial charge in [0.2, 0.25) is 0 Å². The van der Waals surface area contributed by atoms with Gasteiger partial charge in [-0.1, -0.05) is 29.8 Å². The Morgan fingerprint density at radius 3 is 2.52 bits per heavy atom. The van der Waals surface area contributed by atoms with E-state index < -0.39 is 0 Å². The highest BCUT2D eigenvalue weighted by molar-refractivity contribution is 9.10. The molecule has 2 rings (SSSR count). The lowest BCUT2D eigenvalue weighted by atomic mass is 10.1. The first-order valence-electron chi connectivity index (χ1n) is 6.60. The fourth-order valence-corrected chi connectivity index (χ4v) is 2.58. The number of halogens is 2. The molecule has 2 N–H and O–H groups in total. The van der Waals surface area contributed by atoms with Gasteiger partial charge < -0.3 is 10.6 Å². The predicted molar refractivity (Wildman–Crippen MR) is 90.4 cm³/mol. The molecule has 0 saturated heterocycles. The largest absolute Gasteiger partial charge is 0.399 e. The number of benzene rings is 2. The number of hydrogen-bond acceptors (Lipinski definition) is 2. The van der Waals surface area contributed by atoms with Crippen LogP contribution < -0.4 is 5.73 Å². The van der Waals surface area contributed by atoms with E-state index in [1.54, 1.807) is 17.0 Å². The summed E-state index contributed by atoms with van der Waals surface area (Å²) in [6.07, 6.45) is 0. The van der Waals surface area contributed by atoms with Crippen molar-refractivity contribution in [3.8, 4) is 0 Å². The molecule has 2 aromatic carbocycles. The van der Waals surface area contributed by atoms with Crippen molar-refractivity contribution in [3.05, 3.63) is 63.1 Å². The molecular weight excluding hydrogens is 352 g/mol. The molecule has 0 heterocycles. The van der Waals surface area contributed by atoms with E-state index in [2.05, 4.69) is 15.9 Å². The minimum absolute atomic E-state index is 0.0828. The molecule has 0 saturated carbocycles. The summed E-state index contributed by atoms with van der Waals surface area (Å²) in [5.74, 6) is -0.0828. The van der Waals surface area contributed by atoms with Gasteiger partial charge in [-0.25, -0.2) is 0 Å². The highest BCUT2D eigenvalue weighted by atomic mass is 79.9. The Morgan fingerprint density at radius 2 is 1.90 bits per heavy atom. The van der Waals surface area contributed by atoms with E-state index in [4.69, 9.17) is 17.3 Å². The lowest BCUT2D eigenvalue weighted by Gasteiger charge is -2.22. The summed E-state index contributed by atoms with van der Waals surface area (Å²) in [6.45, 7) is 3.07. The molecule has 0 fully saturated rings. The van der Waals surface area contributed by atoms with Crippen LogP contribution in [0.2, 0.25) is 5.02 Å². The third-order valence-corrected chi connectivity index (χ3v) is 4.50. The van der Waals surface area contributed by atoms with E-state index >= 15 is 0 Å². The van der Waals surface area contributed by atoms with Crippen LogP contribution >= 0.6 is 27.5 Å². The van der Waals surface area contributed by atoms with E-state index in [0.717, 1.165) is 10.0 Å². The molecule has 0 spiro atoms. The monoisotopic (exact) mass is 366 g/mol. The van der Waals surface area contributed by atoms with Crippen LogP contribution in [-0.4, -0.2) is 17.4 Å². The van der Waals surface area contributed by atoms with Gasteiger partial charge in [-0.3, -0.25) is 4.79 Å². The van der Waals surface area contributed by atoms with Gasteiger partial charge in [-0.15, -0.1) is 0 Å². The summed E-state index contributed by atoms with van der Waals surface area (Å²) >= 11 is 9.55. The van der Waals surface area contributed by atoms with Crippen LogP contribution in [0.4, 0.5) is 5.69 Å². The summed E-state index contributed by atoms with van der Waals surface area (Å²) in [4.78, 5) is 14.4. The van der Waals surface area contributed by atoms with E-state index in [1.807, 2.05) is 37.3 Å². The lowest BCUT2D eigenvalue weighted by Crippen LogP contribution is -2.30. The number of rotatable bonds is 4. The SMILES string of the molecule is CCN(Cc1ccc(N)cc1)C(=O)c1cccc(Br)c1Cl. The number of anilines is 1. The Morgan fingerprint density at radius 1 is 1.24 bits per heavy atom. The normalized spacial score (nSPS) is 10.4. The van der Waals surface area contributed by atoms with Gasteiger partial charge in [0.25, 0.3) is 5.91 Å². The van der Waals surface area contributed by atoms with E-state index in [-0.39, 0.29) is 5.91 Å². The van der Waals surface area contributed by atoms with Crippen LogP contribution in [0.3, 0.4) is 0 Å². The zero-order valence-corrected chi connectivity index (χ0v) is 14.0. The van der Waals surface area contributed by atoms with Gasteiger partial charge >= 0.3 is 0 Å². The van der Waals surface area contributed by atoms with Crippen molar-refractivity contribution in [2.45, 2.75) is 13.5 Å². The van der Waals surface area contributed by atoms with Crippen LogP contribution in [0.15, 0.2) is 46.9 Å². The van der Waals surface area contributed by atoms with Gasteiger partial charge in [-0.05, 0) is 52.7 Å². The smallest absolute Gasteiger partial charge is 0.255 e. The molecule has 2 aromatic rings.